The lowest BCUT2D eigenvalue weighted by atomic mass is 10.0. The van der Waals surface area contributed by atoms with E-state index in [1.807, 2.05) is 0 Å². The van der Waals surface area contributed by atoms with Crippen molar-refractivity contribution in [2.45, 2.75) is 12.5 Å². The molecule has 0 spiro atoms. The summed E-state index contributed by atoms with van der Waals surface area (Å²) >= 11 is 0. The smallest absolute Gasteiger partial charge is 0.223 e. The second kappa shape index (κ2) is 5.17. The molecule has 1 aliphatic heterocycles. The number of hydrogen-bond acceptors (Lipinski definition) is 6. The van der Waals surface area contributed by atoms with Crippen molar-refractivity contribution in [2.24, 2.45) is 5.73 Å². The van der Waals surface area contributed by atoms with Crippen LogP contribution in [0.5, 0.6) is 11.6 Å². The Labute approximate surface area is 120 Å². The molecule has 0 saturated carbocycles. The van der Waals surface area contributed by atoms with Crippen LogP contribution in [0.4, 0.5) is 10.3 Å². The third-order valence-electron chi connectivity index (χ3n) is 3.33. The van der Waals surface area contributed by atoms with Crippen molar-refractivity contribution in [1.82, 2.24) is 9.97 Å². The number of hydrogen-bond donors (Lipinski definition) is 2. The van der Waals surface area contributed by atoms with Gasteiger partial charge >= 0.3 is 0 Å². The van der Waals surface area contributed by atoms with E-state index in [1.165, 1.54) is 19.2 Å². The molecule has 0 radical (unpaired) electrons. The number of nitrogens with zero attached hydrogens (tertiary/aromatic N) is 2. The number of benzene rings is 1. The van der Waals surface area contributed by atoms with E-state index in [9.17, 15) is 4.39 Å². The fourth-order valence-corrected chi connectivity index (χ4v) is 2.40. The molecule has 2 heterocycles. The van der Waals surface area contributed by atoms with Crippen LogP contribution >= 0.6 is 0 Å². The molecular formula is C14H15FN4O2. The predicted molar refractivity (Wildman–Crippen MR) is 75.6 cm³/mol. The molecular weight excluding hydrogens is 275 g/mol. The number of ether oxygens (including phenoxy) is 2. The van der Waals surface area contributed by atoms with Crippen molar-refractivity contribution < 1.29 is 13.9 Å². The number of halogens is 1. The number of anilines is 1. The molecule has 0 unspecified atom stereocenters. The molecule has 1 atom stereocenters. The molecule has 7 heteroatoms. The van der Waals surface area contributed by atoms with Gasteiger partial charge in [-0.3, -0.25) is 0 Å². The summed E-state index contributed by atoms with van der Waals surface area (Å²) in [6.45, 7) is 0.366. The van der Waals surface area contributed by atoms with Gasteiger partial charge in [0, 0.05) is 30.2 Å². The van der Waals surface area contributed by atoms with Gasteiger partial charge in [0.1, 0.15) is 17.7 Å². The fourth-order valence-electron chi connectivity index (χ4n) is 2.40. The lowest BCUT2D eigenvalue weighted by molar-refractivity contribution is 0.242. The first-order valence-corrected chi connectivity index (χ1v) is 6.48. The molecule has 0 fully saturated rings. The van der Waals surface area contributed by atoms with Gasteiger partial charge in [-0.2, -0.15) is 4.98 Å². The first kappa shape index (κ1) is 13.6. The monoisotopic (exact) mass is 290 g/mol. The highest BCUT2D eigenvalue weighted by molar-refractivity contribution is 5.71. The van der Waals surface area contributed by atoms with E-state index in [4.69, 9.17) is 20.9 Å². The van der Waals surface area contributed by atoms with E-state index in [1.54, 1.807) is 6.07 Å². The Morgan fingerprint density at radius 3 is 2.90 bits per heavy atom. The lowest BCUT2D eigenvalue weighted by Crippen LogP contribution is -2.24. The van der Waals surface area contributed by atoms with Gasteiger partial charge < -0.3 is 20.9 Å². The number of nitrogens with two attached hydrogens (primary N) is 2. The molecule has 1 aliphatic rings. The number of nitrogen functional groups attached to an aromatic ring is 1. The molecule has 1 aromatic carbocycles. The van der Waals surface area contributed by atoms with Crippen LogP contribution in [0.2, 0.25) is 0 Å². The van der Waals surface area contributed by atoms with Crippen LogP contribution in [0.25, 0.3) is 11.3 Å². The zero-order valence-corrected chi connectivity index (χ0v) is 11.5. The lowest BCUT2D eigenvalue weighted by Gasteiger charge is -2.11. The number of methoxy groups -OCH3 is 1. The Kier molecular flexibility index (Phi) is 3.34. The molecule has 1 aromatic heterocycles. The summed E-state index contributed by atoms with van der Waals surface area (Å²) in [7, 11) is 1.47. The summed E-state index contributed by atoms with van der Waals surface area (Å²) in [5, 5.41) is 0. The van der Waals surface area contributed by atoms with E-state index < -0.39 is 0 Å². The summed E-state index contributed by atoms with van der Waals surface area (Å²) in [6.07, 6.45) is 0.426. The van der Waals surface area contributed by atoms with E-state index in [2.05, 4.69) is 9.97 Å². The molecule has 6 nitrogen and oxygen atoms in total. The van der Waals surface area contributed by atoms with Crippen molar-refractivity contribution in [3.05, 3.63) is 29.6 Å². The maximum atomic E-state index is 13.8. The Balaban J connectivity index is 2.14. The van der Waals surface area contributed by atoms with Crippen LogP contribution in [-0.2, 0) is 6.42 Å². The Morgan fingerprint density at radius 2 is 2.19 bits per heavy atom. The van der Waals surface area contributed by atoms with Crippen molar-refractivity contribution in [1.29, 1.82) is 0 Å². The standard InChI is InChI=1S/C14H15FN4O2/c1-20-12-5-11(18-14(17)19-12)10-4-8(15)2-7-3-9(6-16)21-13(7)10/h2,4-5,9H,3,6,16H2,1H3,(H2,17,18,19)/t9-/m1/s1. The average molecular weight is 290 g/mol. The van der Waals surface area contributed by atoms with Gasteiger partial charge in [-0.05, 0) is 12.1 Å². The highest BCUT2D eigenvalue weighted by Gasteiger charge is 2.26. The van der Waals surface area contributed by atoms with Gasteiger partial charge in [0.25, 0.3) is 0 Å². The highest BCUT2D eigenvalue weighted by Crippen LogP contribution is 2.39. The van der Waals surface area contributed by atoms with Crippen molar-refractivity contribution in [3.63, 3.8) is 0 Å². The van der Waals surface area contributed by atoms with Gasteiger partial charge in [-0.25, -0.2) is 9.37 Å². The zero-order valence-electron chi connectivity index (χ0n) is 11.5. The zero-order chi connectivity index (χ0) is 15.0. The minimum Gasteiger partial charge on any atom is -0.488 e. The van der Waals surface area contributed by atoms with E-state index >= 15 is 0 Å². The fraction of sp³-hybridized carbons (Fsp3) is 0.286. The van der Waals surface area contributed by atoms with Gasteiger partial charge in [0.15, 0.2) is 0 Å². The Morgan fingerprint density at radius 1 is 1.38 bits per heavy atom. The molecule has 3 rings (SSSR count). The summed E-state index contributed by atoms with van der Waals surface area (Å²) in [4.78, 5) is 8.05. The Bertz CT molecular complexity index is 693. The molecule has 0 bridgehead atoms. The van der Waals surface area contributed by atoms with Crippen LogP contribution in [-0.4, -0.2) is 29.7 Å². The second-order valence-electron chi connectivity index (χ2n) is 4.78. The summed E-state index contributed by atoms with van der Waals surface area (Å²) in [5.41, 5.74) is 13.0. The largest absolute Gasteiger partial charge is 0.488 e. The summed E-state index contributed by atoms with van der Waals surface area (Å²) in [6, 6.07) is 4.40. The average Bonchev–Trinajstić information content (AvgIpc) is 2.88. The summed E-state index contributed by atoms with van der Waals surface area (Å²) in [5.74, 6) is 0.591. The minimum absolute atomic E-state index is 0.0516. The van der Waals surface area contributed by atoms with E-state index in [0.717, 1.165) is 5.56 Å². The predicted octanol–water partition coefficient (Wildman–Crippen LogP) is 1.14. The third-order valence-corrected chi connectivity index (χ3v) is 3.33. The van der Waals surface area contributed by atoms with Crippen LogP contribution in [0.3, 0.4) is 0 Å². The molecule has 0 saturated heterocycles. The first-order valence-electron chi connectivity index (χ1n) is 6.48. The van der Waals surface area contributed by atoms with Crippen LogP contribution in [0, 0.1) is 5.82 Å². The van der Waals surface area contributed by atoms with Crippen LogP contribution in [0.15, 0.2) is 18.2 Å². The first-order chi connectivity index (χ1) is 10.1. The third kappa shape index (κ3) is 2.47. The highest BCUT2D eigenvalue weighted by atomic mass is 19.1. The normalized spacial score (nSPS) is 16.4. The van der Waals surface area contributed by atoms with Crippen LogP contribution in [0.1, 0.15) is 5.56 Å². The molecule has 4 N–H and O–H groups in total. The van der Waals surface area contributed by atoms with Crippen molar-refractivity contribution in [2.75, 3.05) is 19.4 Å². The number of rotatable bonds is 3. The summed E-state index contributed by atoms with van der Waals surface area (Å²) < 4.78 is 24.7. The topological polar surface area (TPSA) is 96.3 Å². The number of aromatic nitrogens is 2. The van der Waals surface area contributed by atoms with Gasteiger partial charge in [-0.1, -0.05) is 0 Å². The SMILES string of the molecule is COc1cc(-c2cc(F)cc3c2O[C@@H](CN)C3)nc(N)n1. The van der Waals surface area contributed by atoms with Crippen molar-refractivity contribution >= 4 is 5.95 Å². The molecule has 0 aliphatic carbocycles. The maximum Gasteiger partial charge on any atom is 0.223 e. The minimum atomic E-state index is -0.360. The molecule has 2 aromatic rings. The van der Waals surface area contributed by atoms with Crippen LogP contribution < -0.4 is 20.9 Å². The van der Waals surface area contributed by atoms with E-state index in [-0.39, 0.29) is 17.9 Å². The molecule has 21 heavy (non-hydrogen) atoms. The van der Waals surface area contributed by atoms with E-state index in [0.29, 0.717) is 35.9 Å². The quantitative estimate of drug-likeness (QED) is 0.880. The molecule has 0 amide bonds. The van der Waals surface area contributed by atoms with Gasteiger partial charge in [0.05, 0.1) is 12.8 Å². The van der Waals surface area contributed by atoms with Crippen molar-refractivity contribution in [3.8, 4) is 22.9 Å². The Hall–Kier alpha value is -2.41. The number of fused-ring (bicyclic) bond motifs is 1. The van der Waals surface area contributed by atoms with Gasteiger partial charge in [-0.15, -0.1) is 0 Å². The second-order valence-corrected chi connectivity index (χ2v) is 4.78. The maximum absolute atomic E-state index is 13.8. The molecule has 110 valence electrons. The van der Waals surface area contributed by atoms with Gasteiger partial charge in [0.2, 0.25) is 11.8 Å².